The molecule has 0 atom stereocenters. The van der Waals surface area contributed by atoms with Gasteiger partial charge in [-0.15, -0.1) is 10.2 Å². The number of hydrogen-bond donors (Lipinski definition) is 0. The molecule has 0 aliphatic heterocycles. The van der Waals surface area contributed by atoms with Crippen LogP contribution < -0.4 is 4.74 Å². The van der Waals surface area contributed by atoms with Crippen molar-refractivity contribution in [1.82, 2.24) is 10.2 Å². The van der Waals surface area contributed by atoms with E-state index >= 15 is 0 Å². The van der Waals surface area contributed by atoms with E-state index in [0.29, 0.717) is 16.3 Å². The number of nitrogens with zero attached hydrogens (tertiary/aromatic N) is 2. The number of ether oxygens (including phenoxy) is 1. The molecule has 32 heavy (non-hydrogen) atoms. The van der Waals surface area contributed by atoms with Gasteiger partial charge in [0.15, 0.2) is 5.75 Å². The van der Waals surface area contributed by atoms with Gasteiger partial charge in [-0.3, -0.25) is 0 Å². The topological polar surface area (TPSA) is 48.2 Å². The monoisotopic (exact) mass is 498 g/mol. The van der Waals surface area contributed by atoms with Crippen LogP contribution in [0.5, 0.6) is 5.75 Å². The van der Waals surface area contributed by atoms with Gasteiger partial charge in [-0.25, -0.2) is 0 Å². The largest absolute Gasteiger partial charge is 0.486 e. The summed E-state index contributed by atoms with van der Waals surface area (Å²) in [6.45, 7) is 0.142. The predicted molar refractivity (Wildman–Crippen MR) is 116 cm³/mol. The molecular weight excluding hydrogens is 488 g/mol. The first-order valence-corrected chi connectivity index (χ1v) is 10.2. The highest BCUT2D eigenvalue weighted by Crippen LogP contribution is 2.36. The lowest BCUT2D eigenvalue weighted by Crippen LogP contribution is -2.04. The van der Waals surface area contributed by atoms with Gasteiger partial charge >= 0.3 is 6.18 Å². The van der Waals surface area contributed by atoms with Crippen molar-refractivity contribution in [3.63, 3.8) is 0 Å². The van der Waals surface area contributed by atoms with Crippen LogP contribution in [0, 0.1) is 0 Å². The fraction of sp³-hybridized carbons (Fsp3) is 0.0909. The van der Waals surface area contributed by atoms with Crippen molar-refractivity contribution in [3.05, 3.63) is 86.9 Å². The van der Waals surface area contributed by atoms with Gasteiger partial charge in [0.1, 0.15) is 6.61 Å². The maximum atomic E-state index is 13.0. The molecule has 4 aromatic rings. The van der Waals surface area contributed by atoms with Crippen molar-refractivity contribution in [3.8, 4) is 28.7 Å². The summed E-state index contributed by atoms with van der Waals surface area (Å²) >= 11 is 18.2. The summed E-state index contributed by atoms with van der Waals surface area (Å²) in [5.74, 6) is 0.432. The minimum atomic E-state index is -4.47. The molecule has 0 amide bonds. The molecule has 0 aliphatic rings. The van der Waals surface area contributed by atoms with Crippen LogP contribution in [0.4, 0.5) is 13.2 Å². The molecule has 0 spiro atoms. The normalized spacial score (nSPS) is 11.6. The molecule has 0 saturated carbocycles. The van der Waals surface area contributed by atoms with E-state index in [4.69, 9.17) is 44.0 Å². The molecule has 0 aliphatic carbocycles. The number of benzene rings is 3. The van der Waals surface area contributed by atoms with Gasteiger partial charge in [0.2, 0.25) is 11.8 Å². The second kappa shape index (κ2) is 9.02. The second-order valence-electron chi connectivity index (χ2n) is 6.68. The standard InChI is InChI=1S/C22H12Cl3F3N2O2/c23-16-9-17(24)19(18(25)10-16)31-11-12-3-1-4-13(7-12)20-29-30-21(32-20)14-5-2-6-15(8-14)22(26,27)28/h1-10H,11H2. The van der Waals surface area contributed by atoms with E-state index < -0.39 is 11.7 Å². The van der Waals surface area contributed by atoms with Crippen LogP contribution in [0.25, 0.3) is 22.9 Å². The Hall–Kier alpha value is -2.74. The zero-order valence-electron chi connectivity index (χ0n) is 16.0. The Balaban J connectivity index is 1.54. The minimum Gasteiger partial charge on any atom is -0.486 e. The summed E-state index contributed by atoms with van der Waals surface area (Å²) in [6, 6.07) is 14.8. The molecule has 164 valence electrons. The Morgan fingerprint density at radius 1 is 0.812 bits per heavy atom. The third kappa shape index (κ3) is 5.01. The molecular formula is C22H12Cl3F3N2O2. The fourth-order valence-corrected chi connectivity index (χ4v) is 3.83. The highest BCUT2D eigenvalue weighted by Gasteiger charge is 2.30. The predicted octanol–water partition coefficient (Wildman–Crippen LogP) is 7.96. The van der Waals surface area contributed by atoms with E-state index in [9.17, 15) is 13.2 Å². The quantitative estimate of drug-likeness (QED) is 0.279. The Bertz CT molecular complexity index is 1250. The van der Waals surface area contributed by atoms with E-state index in [-0.39, 0.29) is 34.0 Å². The average molecular weight is 500 g/mol. The van der Waals surface area contributed by atoms with Gasteiger partial charge in [0.25, 0.3) is 0 Å². The van der Waals surface area contributed by atoms with Gasteiger partial charge in [0.05, 0.1) is 15.6 Å². The molecule has 0 saturated heterocycles. The molecule has 4 nitrogen and oxygen atoms in total. The average Bonchev–Trinajstić information content (AvgIpc) is 3.23. The smallest absolute Gasteiger partial charge is 0.416 e. The van der Waals surface area contributed by atoms with Gasteiger partial charge in [-0.2, -0.15) is 13.2 Å². The Kier molecular flexibility index (Phi) is 6.33. The van der Waals surface area contributed by atoms with Gasteiger partial charge < -0.3 is 9.15 Å². The molecule has 1 heterocycles. The molecule has 1 aromatic heterocycles. The second-order valence-corrected chi connectivity index (χ2v) is 7.93. The number of aromatic nitrogens is 2. The third-order valence-corrected chi connectivity index (χ3v) is 5.16. The number of rotatable bonds is 5. The molecule has 0 radical (unpaired) electrons. The van der Waals surface area contributed by atoms with Crippen molar-refractivity contribution >= 4 is 34.8 Å². The Morgan fingerprint density at radius 3 is 2.03 bits per heavy atom. The van der Waals surface area contributed by atoms with Crippen LogP contribution >= 0.6 is 34.8 Å². The lowest BCUT2D eigenvalue weighted by molar-refractivity contribution is -0.137. The van der Waals surface area contributed by atoms with E-state index in [1.165, 1.54) is 24.3 Å². The van der Waals surface area contributed by atoms with E-state index in [1.807, 2.05) is 6.07 Å². The Morgan fingerprint density at radius 2 is 1.41 bits per heavy atom. The first kappa shape index (κ1) is 22.5. The van der Waals surface area contributed by atoms with Crippen molar-refractivity contribution in [2.75, 3.05) is 0 Å². The molecule has 10 heteroatoms. The third-order valence-electron chi connectivity index (χ3n) is 4.38. The number of hydrogen-bond acceptors (Lipinski definition) is 4. The Labute approximate surface area is 195 Å². The summed E-state index contributed by atoms with van der Waals surface area (Å²) < 4.78 is 50.2. The maximum absolute atomic E-state index is 13.0. The zero-order chi connectivity index (χ0) is 22.9. The van der Waals surface area contributed by atoms with Crippen molar-refractivity contribution < 1.29 is 22.3 Å². The maximum Gasteiger partial charge on any atom is 0.416 e. The van der Waals surface area contributed by atoms with Crippen molar-refractivity contribution in [2.24, 2.45) is 0 Å². The first-order chi connectivity index (χ1) is 15.2. The molecule has 0 N–H and O–H groups in total. The summed E-state index contributed by atoms with van der Waals surface area (Å²) in [4.78, 5) is 0. The molecule has 3 aromatic carbocycles. The number of halogens is 6. The number of alkyl halides is 3. The highest BCUT2D eigenvalue weighted by molar-refractivity contribution is 6.40. The molecule has 0 bridgehead atoms. The SMILES string of the molecule is FC(F)(F)c1cccc(-c2nnc(-c3cccc(COc4c(Cl)cc(Cl)cc4Cl)c3)o2)c1. The van der Waals surface area contributed by atoms with Crippen LogP contribution in [0.1, 0.15) is 11.1 Å². The summed E-state index contributed by atoms with van der Waals surface area (Å²) in [5.41, 5.74) is 0.701. The lowest BCUT2D eigenvalue weighted by atomic mass is 10.1. The van der Waals surface area contributed by atoms with Crippen LogP contribution in [0.2, 0.25) is 15.1 Å². The van der Waals surface area contributed by atoms with Gasteiger partial charge in [0, 0.05) is 16.1 Å². The van der Waals surface area contributed by atoms with Crippen LogP contribution in [-0.2, 0) is 12.8 Å². The van der Waals surface area contributed by atoms with Gasteiger partial charge in [-0.1, -0.05) is 53.0 Å². The van der Waals surface area contributed by atoms with E-state index in [2.05, 4.69) is 10.2 Å². The van der Waals surface area contributed by atoms with Crippen LogP contribution in [0.15, 0.2) is 65.1 Å². The highest BCUT2D eigenvalue weighted by atomic mass is 35.5. The molecule has 0 fully saturated rings. The van der Waals surface area contributed by atoms with E-state index in [0.717, 1.165) is 17.7 Å². The summed E-state index contributed by atoms with van der Waals surface area (Å²) in [7, 11) is 0. The summed E-state index contributed by atoms with van der Waals surface area (Å²) in [6.07, 6.45) is -4.47. The van der Waals surface area contributed by atoms with Crippen LogP contribution in [-0.4, -0.2) is 10.2 Å². The first-order valence-electron chi connectivity index (χ1n) is 9.08. The zero-order valence-corrected chi connectivity index (χ0v) is 18.2. The van der Waals surface area contributed by atoms with Crippen molar-refractivity contribution in [1.29, 1.82) is 0 Å². The fourth-order valence-electron chi connectivity index (χ4n) is 2.90. The van der Waals surface area contributed by atoms with Gasteiger partial charge in [-0.05, 0) is 48.0 Å². The van der Waals surface area contributed by atoms with Crippen molar-refractivity contribution in [2.45, 2.75) is 12.8 Å². The van der Waals surface area contributed by atoms with E-state index in [1.54, 1.807) is 18.2 Å². The molecule has 0 unspecified atom stereocenters. The lowest BCUT2D eigenvalue weighted by Gasteiger charge is -2.11. The summed E-state index contributed by atoms with van der Waals surface area (Å²) in [5, 5.41) is 8.78. The van der Waals surface area contributed by atoms with Crippen LogP contribution in [0.3, 0.4) is 0 Å². The molecule has 4 rings (SSSR count). The minimum absolute atomic E-state index is 0.0209.